The minimum atomic E-state index is 0.588. The zero-order chi connectivity index (χ0) is 10.7. The van der Waals surface area contributed by atoms with Crippen LogP contribution in [0.15, 0.2) is 18.2 Å². The standard InChI is InChI=1S/C12H17ClN2/c1-15(8-10-4-2-5-10)9-11-6-3-7-12(13)14-11/h3,6-7,10H,2,4-5,8-9H2,1H3. The fourth-order valence-corrected chi connectivity index (χ4v) is 2.18. The van der Waals surface area contributed by atoms with E-state index in [1.54, 1.807) is 0 Å². The maximum Gasteiger partial charge on any atom is 0.129 e. The van der Waals surface area contributed by atoms with Crippen LogP contribution in [0.3, 0.4) is 0 Å². The minimum absolute atomic E-state index is 0.588. The molecule has 1 fully saturated rings. The van der Waals surface area contributed by atoms with Crippen LogP contribution in [0.5, 0.6) is 0 Å². The molecule has 0 aromatic carbocycles. The lowest BCUT2D eigenvalue weighted by molar-refractivity contribution is 0.199. The molecule has 0 N–H and O–H groups in total. The summed E-state index contributed by atoms with van der Waals surface area (Å²) in [7, 11) is 2.15. The van der Waals surface area contributed by atoms with E-state index in [2.05, 4.69) is 16.9 Å². The highest BCUT2D eigenvalue weighted by Gasteiger charge is 2.18. The van der Waals surface area contributed by atoms with Gasteiger partial charge in [-0.15, -0.1) is 0 Å². The topological polar surface area (TPSA) is 16.1 Å². The number of halogens is 1. The molecule has 0 aliphatic heterocycles. The first-order chi connectivity index (χ1) is 7.24. The second-order valence-electron chi connectivity index (χ2n) is 4.45. The van der Waals surface area contributed by atoms with E-state index in [0.717, 1.165) is 18.2 Å². The van der Waals surface area contributed by atoms with Gasteiger partial charge in [0.15, 0.2) is 0 Å². The maximum atomic E-state index is 5.84. The van der Waals surface area contributed by atoms with Crippen LogP contribution in [0, 0.1) is 5.92 Å². The van der Waals surface area contributed by atoms with E-state index in [1.807, 2.05) is 18.2 Å². The van der Waals surface area contributed by atoms with Gasteiger partial charge >= 0.3 is 0 Å². The third kappa shape index (κ3) is 3.18. The van der Waals surface area contributed by atoms with Crippen LogP contribution >= 0.6 is 11.6 Å². The molecule has 2 nitrogen and oxygen atoms in total. The van der Waals surface area contributed by atoms with Crippen molar-refractivity contribution in [2.24, 2.45) is 5.92 Å². The van der Waals surface area contributed by atoms with Crippen LogP contribution in [0.25, 0.3) is 0 Å². The Balaban J connectivity index is 1.84. The van der Waals surface area contributed by atoms with Crippen molar-refractivity contribution in [2.75, 3.05) is 13.6 Å². The zero-order valence-electron chi connectivity index (χ0n) is 9.12. The van der Waals surface area contributed by atoms with E-state index in [1.165, 1.54) is 25.8 Å². The quantitative estimate of drug-likeness (QED) is 0.731. The smallest absolute Gasteiger partial charge is 0.129 e. The molecular weight excluding hydrogens is 208 g/mol. The second kappa shape index (κ2) is 4.95. The number of hydrogen-bond acceptors (Lipinski definition) is 2. The summed E-state index contributed by atoms with van der Waals surface area (Å²) >= 11 is 5.84. The lowest BCUT2D eigenvalue weighted by Crippen LogP contribution is -2.29. The summed E-state index contributed by atoms with van der Waals surface area (Å²) in [6.07, 6.45) is 4.20. The molecule has 0 amide bonds. The molecule has 1 aromatic heterocycles. The number of aromatic nitrogens is 1. The third-order valence-electron chi connectivity index (χ3n) is 3.00. The molecule has 1 aromatic rings. The molecule has 2 rings (SSSR count). The number of rotatable bonds is 4. The predicted molar refractivity (Wildman–Crippen MR) is 62.9 cm³/mol. The summed E-state index contributed by atoms with van der Waals surface area (Å²) < 4.78 is 0. The van der Waals surface area contributed by atoms with Crippen molar-refractivity contribution >= 4 is 11.6 Å². The van der Waals surface area contributed by atoms with Crippen LogP contribution in [0.4, 0.5) is 0 Å². The molecule has 0 saturated heterocycles. The normalized spacial score (nSPS) is 16.7. The SMILES string of the molecule is CN(Cc1cccc(Cl)n1)CC1CCC1. The average Bonchev–Trinajstić information content (AvgIpc) is 2.11. The Morgan fingerprint density at radius 2 is 2.27 bits per heavy atom. The van der Waals surface area contributed by atoms with Crippen molar-refractivity contribution in [1.82, 2.24) is 9.88 Å². The Morgan fingerprint density at radius 1 is 1.47 bits per heavy atom. The average molecular weight is 225 g/mol. The van der Waals surface area contributed by atoms with Gasteiger partial charge in [0.2, 0.25) is 0 Å². The monoisotopic (exact) mass is 224 g/mol. The van der Waals surface area contributed by atoms with E-state index >= 15 is 0 Å². The van der Waals surface area contributed by atoms with Gasteiger partial charge in [-0.3, -0.25) is 0 Å². The first-order valence-electron chi connectivity index (χ1n) is 5.54. The molecule has 1 aliphatic rings. The summed E-state index contributed by atoms with van der Waals surface area (Å²) in [6.45, 7) is 2.09. The minimum Gasteiger partial charge on any atom is -0.300 e. The molecular formula is C12H17ClN2. The van der Waals surface area contributed by atoms with Gasteiger partial charge in [0.1, 0.15) is 5.15 Å². The molecule has 0 unspecified atom stereocenters. The van der Waals surface area contributed by atoms with Gasteiger partial charge in [-0.2, -0.15) is 0 Å². The number of pyridine rings is 1. The van der Waals surface area contributed by atoms with Gasteiger partial charge in [0, 0.05) is 13.1 Å². The maximum absolute atomic E-state index is 5.84. The zero-order valence-corrected chi connectivity index (χ0v) is 9.87. The molecule has 0 spiro atoms. The third-order valence-corrected chi connectivity index (χ3v) is 3.21. The first kappa shape index (κ1) is 10.9. The van der Waals surface area contributed by atoms with Gasteiger partial charge in [-0.25, -0.2) is 4.98 Å². The molecule has 15 heavy (non-hydrogen) atoms. The lowest BCUT2D eigenvalue weighted by Gasteiger charge is -2.29. The predicted octanol–water partition coefficient (Wildman–Crippen LogP) is 2.97. The van der Waals surface area contributed by atoms with E-state index in [-0.39, 0.29) is 0 Å². The fraction of sp³-hybridized carbons (Fsp3) is 0.583. The first-order valence-corrected chi connectivity index (χ1v) is 5.92. The number of hydrogen-bond donors (Lipinski definition) is 0. The second-order valence-corrected chi connectivity index (χ2v) is 4.83. The highest BCUT2D eigenvalue weighted by Crippen LogP contribution is 2.27. The van der Waals surface area contributed by atoms with E-state index in [9.17, 15) is 0 Å². The van der Waals surface area contributed by atoms with Crippen molar-refractivity contribution in [3.8, 4) is 0 Å². The van der Waals surface area contributed by atoms with Crippen molar-refractivity contribution in [1.29, 1.82) is 0 Å². The molecule has 0 bridgehead atoms. The van der Waals surface area contributed by atoms with Crippen LogP contribution in [0.1, 0.15) is 25.0 Å². The van der Waals surface area contributed by atoms with Crippen LogP contribution in [-0.4, -0.2) is 23.5 Å². The molecule has 1 saturated carbocycles. The summed E-state index contributed by atoms with van der Waals surface area (Å²) in [6, 6.07) is 5.81. The Kier molecular flexibility index (Phi) is 3.60. The van der Waals surface area contributed by atoms with Crippen LogP contribution in [0.2, 0.25) is 5.15 Å². The summed E-state index contributed by atoms with van der Waals surface area (Å²) in [4.78, 5) is 6.62. The summed E-state index contributed by atoms with van der Waals surface area (Å²) in [5.41, 5.74) is 1.06. The van der Waals surface area contributed by atoms with E-state index < -0.39 is 0 Å². The van der Waals surface area contributed by atoms with Crippen LogP contribution in [-0.2, 0) is 6.54 Å². The molecule has 82 valence electrons. The highest BCUT2D eigenvalue weighted by atomic mass is 35.5. The molecule has 0 atom stereocenters. The van der Waals surface area contributed by atoms with Crippen LogP contribution < -0.4 is 0 Å². The largest absolute Gasteiger partial charge is 0.300 e. The van der Waals surface area contributed by atoms with Gasteiger partial charge in [-0.1, -0.05) is 24.1 Å². The van der Waals surface area contributed by atoms with Crippen molar-refractivity contribution in [3.05, 3.63) is 29.0 Å². The van der Waals surface area contributed by atoms with Gasteiger partial charge < -0.3 is 4.90 Å². The Bertz CT molecular complexity index is 323. The highest BCUT2D eigenvalue weighted by molar-refractivity contribution is 6.29. The molecule has 1 aliphatic carbocycles. The Morgan fingerprint density at radius 3 is 2.87 bits per heavy atom. The van der Waals surface area contributed by atoms with Gasteiger partial charge in [0.05, 0.1) is 5.69 Å². The molecule has 3 heteroatoms. The number of nitrogens with zero attached hydrogens (tertiary/aromatic N) is 2. The van der Waals surface area contributed by atoms with Gasteiger partial charge in [-0.05, 0) is 37.9 Å². The summed E-state index contributed by atoms with van der Waals surface area (Å²) in [5, 5.41) is 0.588. The van der Waals surface area contributed by atoms with Crippen molar-refractivity contribution in [2.45, 2.75) is 25.8 Å². The van der Waals surface area contributed by atoms with E-state index in [0.29, 0.717) is 5.15 Å². The summed E-state index contributed by atoms with van der Waals surface area (Å²) in [5.74, 6) is 0.911. The fourth-order valence-electron chi connectivity index (χ4n) is 2.00. The molecule has 0 radical (unpaired) electrons. The lowest BCUT2D eigenvalue weighted by atomic mass is 9.85. The van der Waals surface area contributed by atoms with Crippen molar-refractivity contribution in [3.63, 3.8) is 0 Å². The van der Waals surface area contributed by atoms with Gasteiger partial charge in [0.25, 0.3) is 0 Å². The van der Waals surface area contributed by atoms with E-state index in [4.69, 9.17) is 11.6 Å². The molecule has 1 heterocycles. The van der Waals surface area contributed by atoms with Crippen molar-refractivity contribution < 1.29 is 0 Å². The Labute approximate surface area is 96.3 Å². The Hall–Kier alpha value is -0.600.